The largest absolute Gasteiger partial charge is 0.445 e. The normalized spacial score (nSPS) is 12.7. The van der Waals surface area contributed by atoms with Crippen molar-refractivity contribution in [3.63, 3.8) is 0 Å². The summed E-state index contributed by atoms with van der Waals surface area (Å²) in [6, 6.07) is 14.4. The van der Waals surface area contributed by atoms with Gasteiger partial charge in [0.1, 0.15) is 12.4 Å². The fourth-order valence-electron chi connectivity index (χ4n) is 2.34. The van der Waals surface area contributed by atoms with Crippen molar-refractivity contribution in [1.82, 2.24) is 5.32 Å². The number of ether oxygens (including phenoxy) is 2. The van der Waals surface area contributed by atoms with E-state index in [-0.39, 0.29) is 13.0 Å². The van der Waals surface area contributed by atoms with Crippen LogP contribution < -0.4 is 10.1 Å². The first-order valence-corrected chi connectivity index (χ1v) is 10.0. The minimum atomic E-state index is -1.28. The van der Waals surface area contributed by atoms with Gasteiger partial charge >= 0.3 is 12.1 Å². The molecule has 150 valence electrons. The van der Waals surface area contributed by atoms with Crippen LogP contribution in [0.3, 0.4) is 0 Å². The number of benzene rings is 2. The molecule has 0 unspecified atom stereocenters. The van der Waals surface area contributed by atoms with Crippen LogP contribution >= 0.6 is 27.5 Å². The Balaban J connectivity index is 1.99. The zero-order chi connectivity index (χ0) is 20.4. The minimum Gasteiger partial charge on any atom is -0.445 e. The van der Waals surface area contributed by atoms with Gasteiger partial charge in [0.05, 0.1) is 6.10 Å². The molecule has 0 heterocycles. The van der Waals surface area contributed by atoms with Gasteiger partial charge < -0.3 is 19.9 Å². The smallest absolute Gasteiger partial charge is 0.408 e. The molecule has 0 fully saturated rings. The molecule has 2 aromatic carbocycles. The van der Waals surface area contributed by atoms with Gasteiger partial charge in [-0.1, -0.05) is 46.3 Å². The van der Waals surface area contributed by atoms with Crippen LogP contribution in [-0.4, -0.2) is 35.2 Å². The highest BCUT2D eigenvalue weighted by molar-refractivity contribution is 9.10. The second kappa shape index (κ2) is 11.7. The molecule has 2 aromatic rings. The van der Waals surface area contributed by atoms with E-state index < -0.39 is 24.2 Å². The van der Waals surface area contributed by atoms with Crippen LogP contribution in [0.1, 0.15) is 18.4 Å². The Kier molecular flexibility index (Phi) is 9.27. The second-order valence-electron chi connectivity index (χ2n) is 5.96. The Morgan fingerprint density at radius 3 is 2.43 bits per heavy atom. The number of halogens is 2. The quantitative estimate of drug-likeness (QED) is 0.328. The van der Waals surface area contributed by atoms with E-state index >= 15 is 0 Å². The molecular formula is C20H21BrClNO5. The second-order valence-corrected chi connectivity index (χ2v) is 7.25. The van der Waals surface area contributed by atoms with Crippen LogP contribution in [0.4, 0.5) is 4.79 Å². The van der Waals surface area contributed by atoms with Gasteiger partial charge in [-0.05, 0) is 42.7 Å². The molecule has 0 spiro atoms. The zero-order valence-corrected chi connectivity index (χ0v) is 17.4. The third-order valence-corrected chi connectivity index (χ3v) is 4.59. The van der Waals surface area contributed by atoms with Crippen LogP contribution in [0.25, 0.3) is 0 Å². The summed E-state index contributed by atoms with van der Waals surface area (Å²) in [5.74, 6) is -0.174. The molecular weight excluding hydrogens is 450 g/mol. The number of alkyl carbamates (subject to hydrolysis) is 1. The SMILES string of the molecule is O=C(N[C@H](C(=O)Oc1ccc(Br)cc1)[C@H](O)CCCCl)OCc1ccccc1. The summed E-state index contributed by atoms with van der Waals surface area (Å²) < 4.78 is 11.2. The van der Waals surface area contributed by atoms with Crippen molar-refractivity contribution in [1.29, 1.82) is 0 Å². The van der Waals surface area contributed by atoms with Gasteiger partial charge in [0.15, 0.2) is 6.04 Å². The number of nitrogens with one attached hydrogen (secondary N) is 1. The fourth-order valence-corrected chi connectivity index (χ4v) is 2.76. The maximum absolute atomic E-state index is 12.5. The van der Waals surface area contributed by atoms with Gasteiger partial charge in [-0.2, -0.15) is 0 Å². The number of hydrogen-bond donors (Lipinski definition) is 2. The lowest BCUT2D eigenvalue weighted by Crippen LogP contribution is -2.50. The van der Waals surface area contributed by atoms with Crippen LogP contribution in [0.2, 0.25) is 0 Å². The lowest BCUT2D eigenvalue weighted by molar-refractivity contribution is -0.139. The first-order valence-electron chi connectivity index (χ1n) is 8.68. The van der Waals surface area contributed by atoms with Crippen molar-refractivity contribution in [3.8, 4) is 5.75 Å². The topological polar surface area (TPSA) is 84.9 Å². The van der Waals surface area contributed by atoms with E-state index in [1.54, 1.807) is 24.3 Å². The van der Waals surface area contributed by atoms with E-state index in [2.05, 4.69) is 21.2 Å². The number of carbonyl (C=O) groups excluding carboxylic acids is 2. The van der Waals surface area contributed by atoms with Crippen molar-refractivity contribution >= 4 is 39.6 Å². The number of alkyl halides is 1. The molecule has 0 radical (unpaired) electrons. The zero-order valence-electron chi connectivity index (χ0n) is 15.0. The molecule has 0 saturated heterocycles. The van der Waals surface area contributed by atoms with Crippen LogP contribution in [-0.2, 0) is 16.1 Å². The van der Waals surface area contributed by atoms with Gasteiger partial charge in [0.2, 0.25) is 0 Å². The average molecular weight is 471 g/mol. The van der Waals surface area contributed by atoms with Crippen molar-refractivity contribution < 1.29 is 24.2 Å². The summed E-state index contributed by atoms with van der Waals surface area (Å²) >= 11 is 8.95. The van der Waals surface area contributed by atoms with Gasteiger partial charge in [-0.15, -0.1) is 11.6 Å². The minimum absolute atomic E-state index is 0.0406. The number of esters is 1. The molecule has 6 nitrogen and oxygen atoms in total. The Morgan fingerprint density at radius 2 is 1.79 bits per heavy atom. The summed E-state index contributed by atoms with van der Waals surface area (Å²) in [5, 5.41) is 12.7. The molecule has 2 rings (SSSR count). The molecule has 8 heteroatoms. The van der Waals surface area contributed by atoms with Crippen molar-refractivity contribution in [2.45, 2.75) is 31.6 Å². The fraction of sp³-hybridized carbons (Fsp3) is 0.300. The molecule has 2 N–H and O–H groups in total. The number of aliphatic hydroxyl groups is 1. The highest BCUT2D eigenvalue weighted by atomic mass is 79.9. The number of aliphatic hydroxyl groups excluding tert-OH is 1. The summed E-state index contributed by atoms with van der Waals surface area (Å²) in [7, 11) is 0. The number of hydrogen-bond acceptors (Lipinski definition) is 5. The third kappa shape index (κ3) is 7.50. The van der Waals surface area contributed by atoms with Crippen molar-refractivity contribution in [3.05, 3.63) is 64.6 Å². The molecule has 0 aliphatic heterocycles. The summed E-state index contributed by atoms with van der Waals surface area (Å²) in [6.07, 6.45) is -1.29. The molecule has 0 bridgehead atoms. The molecule has 1 amide bonds. The van der Waals surface area contributed by atoms with Gasteiger partial charge in [0.25, 0.3) is 0 Å². The molecule has 0 aliphatic rings. The standard InChI is InChI=1S/C20H21BrClNO5/c21-15-8-10-16(11-9-15)28-19(25)18(17(24)7-4-12-22)23-20(26)27-13-14-5-2-1-3-6-14/h1-3,5-6,8-11,17-18,24H,4,7,12-13H2,(H,23,26)/t17-,18+/m1/s1. The lowest BCUT2D eigenvalue weighted by atomic mass is 10.1. The number of carbonyl (C=O) groups is 2. The summed E-state index contributed by atoms with van der Waals surface area (Å²) in [4.78, 5) is 24.6. The molecule has 0 saturated carbocycles. The highest BCUT2D eigenvalue weighted by Crippen LogP contribution is 2.17. The third-order valence-electron chi connectivity index (χ3n) is 3.79. The Labute approximate surface area is 176 Å². The van der Waals surface area contributed by atoms with Crippen molar-refractivity contribution in [2.24, 2.45) is 0 Å². The number of rotatable bonds is 9. The highest BCUT2D eigenvalue weighted by Gasteiger charge is 2.30. The van der Waals surface area contributed by atoms with Gasteiger partial charge in [0, 0.05) is 10.4 Å². The predicted molar refractivity (Wildman–Crippen MR) is 109 cm³/mol. The summed E-state index contributed by atoms with van der Waals surface area (Å²) in [6.45, 7) is 0.0406. The van der Waals surface area contributed by atoms with Crippen LogP contribution in [0.5, 0.6) is 5.75 Å². The molecule has 0 aromatic heterocycles. The van der Waals surface area contributed by atoms with Crippen LogP contribution in [0.15, 0.2) is 59.1 Å². The van der Waals surface area contributed by atoms with Crippen molar-refractivity contribution in [2.75, 3.05) is 5.88 Å². The van der Waals surface area contributed by atoms with E-state index in [1.165, 1.54) is 0 Å². The Bertz CT molecular complexity index is 757. The number of amides is 1. The molecule has 2 atom stereocenters. The maximum atomic E-state index is 12.5. The van der Waals surface area contributed by atoms with E-state index in [1.807, 2.05) is 30.3 Å². The monoisotopic (exact) mass is 469 g/mol. The van der Waals surface area contributed by atoms with Crippen LogP contribution in [0, 0.1) is 0 Å². The first-order chi connectivity index (χ1) is 13.5. The van der Waals surface area contributed by atoms with Gasteiger partial charge in [-0.25, -0.2) is 9.59 Å². The average Bonchev–Trinajstić information content (AvgIpc) is 2.71. The Hall–Kier alpha value is -2.09. The molecule has 28 heavy (non-hydrogen) atoms. The Morgan fingerprint density at radius 1 is 1.11 bits per heavy atom. The van der Waals surface area contributed by atoms with E-state index in [4.69, 9.17) is 21.1 Å². The van der Waals surface area contributed by atoms with E-state index in [0.29, 0.717) is 18.1 Å². The lowest BCUT2D eigenvalue weighted by Gasteiger charge is -2.22. The molecule has 0 aliphatic carbocycles. The maximum Gasteiger partial charge on any atom is 0.408 e. The van der Waals surface area contributed by atoms with E-state index in [9.17, 15) is 14.7 Å². The van der Waals surface area contributed by atoms with Gasteiger partial charge in [-0.3, -0.25) is 0 Å². The van der Waals surface area contributed by atoms with E-state index in [0.717, 1.165) is 10.0 Å². The first kappa shape index (κ1) is 22.2. The summed E-state index contributed by atoms with van der Waals surface area (Å²) in [5.41, 5.74) is 0.800. The predicted octanol–water partition coefficient (Wildman–Crippen LogP) is 4.03.